The Morgan fingerprint density at radius 3 is 2.41 bits per heavy atom. The molecule has 1 heterocycles. The Balaban J connectivity index is 1.57. The van der Waals surface area contributed by atoms with E-state index in [2.05, 4.69) is 17.4 Å². The molecule has 1 saturated heterocycles. The fraction of sp³-hybridized carbons (Fsp3) is 0.381. The van der Waals surface area contributed by atoms with Crippen LogP contribution in [0.4, 0.5) is 0 Å². The molecular weight excluding hydrogens is 344 g/mol. The minimum Gasteiger partial charge on any atom is -0.497 e. The van der Waals surface area contributed by atoms with Crippen molar-refractivity contribution in [1.82, 2.24) is 5.32 Å². The fourth-order valence-electron chi connectivity index (χ4n) is 3.15. The van der Waals surface area contributed by atoms with Gasteiger partial charge >= 0.3 is 0 Å². The van der Waals surface area contributed by atoms with E-state index < -0.39 is 0 Å². The van der Waals surface area contributed by atoms with Gasteiger partial charge < -0.3 is 24.4 Å². The normalized spacial score (nSPS) is 15.7. The van der Waals surface area contributed by atoms with Crippen LogP contribution < -0.4 is 19.7 Å². The summed E-state index contributed by atoms with van der Waals surface area (Å²) >= 11 is 0. The topological polar surface area (TPSA) is 61.2 Å². The molecule has 2 aromatic rings. The lowest BCUT2D eigenvalue weighted by Crippen LogP contribution is -3.14. The Bertz CT molecular complexity index is 700. The first-order valence-electron chi connectivity index (χ1n) is 9.27. The van der Waals surface area contributed by atoms with Gasteiger partial charge in [-0.05, 0) is 29.8 Å². The highest BCUT2D eigenvalue weighted by atomic mass is 16.5. The second kappa shape index (κ2) is 9.94. The molecule has 144 valence electrons. The zero-order valence-corrected chi connectivity index (χ0v) is 15.6. The second-order valence-electron chi connectivity index (χ2n) is 6.56. The molecule has 2 aromatic carbocycles. The van der Waals surface area contributed by atoms with Crippen LogP contribution in [0.1, 0.15) is 11.6 Å². The van der Waals surface area contributed by atoms with Gasteiger partial charge in [-0.15, -0.1) is 0 Å². The minimum atomic E-state index is -0.132. The number of nitrogens with one attached hydrogen (secondary N) is 2. The van der Waals surface area contributed by atoms with E-state index in [0.29, 0.717) is 5.75 Å². The number of benzene rings is 2. The Kier molecular flexibility index (Phi) is 7.07. The highest BCUT2D eigenvalue weighted by Gasteiger charge is 2.23. The summed E-state index contributed by atoms with van der Waals surface area (Å²) in [5.74, 6) is 1.26. The standard InChI is InChI=1S/C21H26N2O4/c1-25-18-7-9-19(10-8-18)27-16-21(24)22-20(17-5-3-2-4-6-17)15-23-11-13-26-14-12-23/h2-10,20H,11-16H2,1H3,(H,22,24)/p+1/t20-/m0/s1. The molecule has 1 atom stereocenters. The van der Waals surface area contributed by atoms with Crippen molar-refractivity contribution in [3.05, 3.63) is 60.2 Å². The number of amides is 1. The van der Waals surface area contributed by atoms with Crippen molar-refractivity contribution in [2.45, 2.75) is 6.04 Å². The Hall–Kier alpha value is -2.57. The molecule has 0 saturated carbocycles. The summed E-state index contributed by atoms with van der Waals surface area (Å²) in [6.07, 6.45) is 0. The predicted octanol–water partition coefficient (Wildman–Crippen LogP) is 0.847. The summed E-state index contributed by atoms with van der Waals surface area (Å²) in [5.41, 5.74) is 1.11. The minimum absolute atomic E-state index is 0.0197. The van der Waals surface area contributed by atoms with Gasteiger partial charge in [0.2, 0.25) is 0 Å². The average molecular weight is 371 g/mol. The van der Waals surface area contributed by atoms with E-state index in [-0.39, 0.29) is 18.6 Å². The molecule has 1 fully saturated rings. The maximum atomic E-state index is 12.5. The maximum Gasteiger partial charge on any atom is 0.258 e. The van der Waals surface area contributed by atoms with Crippen molar-refractivity contribution in [3.8, 4) is 11.5 Å². The van der Waals surface area contributed by atoms with Crippen molar-refractivity contribution in [2.75, 3.05) is 46.6 Å². The van der Waals surface area contributed by atoms with Gasteiger partial charge in [-0.2, -0.15) is 0 Å². The molecule has 1 aliphatic rings. The fourth-order valence-corrected chi connectivity index (χ4v) is 3.15. The first kappa shape index (κ1) is 19.2. The third kappa shape index (κ3) is 5.98. The van der Waals surface area contributed by atoms with E-state index in [1.54, 1.807) is 19.2 Å². The highest BCUT2D eigenvalue weighted by molar-refractivity contribution is 5.78. The summed E-state index contributed by atoms with van der Waals surface area (Å²) in [6, 6.07) is 17.2. The lowest BCUT2D eigenvalue weighted by Gasteiger charge is -2.28. The van der Waals surface area contributed by atoms with Crippen LogP contribution in [0, 0.1) is 0 Å². The van der Waals surface area contributed by atoms with Gasteiger partial charge in [-0.3, -0.25) is 4.79 Å². The molecule has 6 nitrogen and oxygen atoms in total. The van der Waals surface area contributed by atoms with Gasteiger partial charge in [0.15, 0.2) is 6.61 Å². The van der Waals surface area contributed by atoms with Crippen LogP contribution in [-0.2, 0) is 9.53 Å². The van der Waals surface area contributed by atoms with E-state index in [1.807, 2.05) is 30.3 Å². The van der Waals surface area contributed by atoms with Crippen LogP contribution in [0.15, 0.2) is 54.6 Å². The zero-order chi connectivity index (χ0) is 18.9. The summed E-state index contributed by atoms with van der Waals surface area (Å²) in [5, 5.41) is 3.12. The van der Waals surface area contributed by atoms with Gasteiger partial charge in [0.05, 0.1) is 20.3 Å². The largest absolute Gasteiger partial charge is 0.497 e. The van der Waals surface area contributed by atoms with Crippen LogP contribution in [0.3, 0.4) is 0 Å². The summed E-state index contributed by atoms with van der Waals surface area (Å²) in [4.78, 5) is 13.9. The number of hydrogen-bond donors (Lipinski definition) is 2. The van der Waals surface area contributed by atoms with Crippen molar-refractivity contribution in [2.24, 2.45) is 0 Å². The number of rotatable bonds is 8. The van der Waals surface area contributed by atoms with Gasteiger partial charge in [-0.25, -0.2) is 0 Å². The lowest BCUT2D eigenvalue weighted by atomic mass is 10.1. The molecule has 1 amide bonds. The molecule has 0 spiro atoms. The Labute approximate surface area is 160 Å². The number of carbonyl (C=O) groups is 1. The number of hydrogen-bond acceptors (Lipinski definition) is 4. The molecule has 1 aliphatic heterocycles. The highest BCUT2D eigenvalue weighted by Crippen LogP contribution is 2.17. The van der Waals surface area contributed by atoms with Crippen LogP contribution in [0.2, 0.25) is 0 Å². The van der Waals surface area contributed by atoms with E-state index in [0.717, 1.165) is 44.2 Å². The van der Waals surface area contributed by atoms with E-state index in [4.69, 9.17) is 14.2 Å². The molecule has 6 heteroatoms. The van der Waals surface area contributed by atoms with Crippen LogP contribution in [0.5, 0.6) is 11.5 Å². The van der Waals surface area contributed by atoms with Crippen LogP contribution in [0.25, 0.3) is 0 Å². The number of morpholine rings is 1. The summed E-state index contributed by atoms with van der Waals surface area (Å²) < 4.78 is 16.2. The van der Waals surface area contributed by atoms with Crippen LogP contribution in [-0.4, -0.2) is 52.5 Å². The molecule has 0 radical (unpaired) electrons. The molecule has 3 rings (SSSR count). The molecule has 2 N–H and O–H groups in total. The van der Waals surface area contributed by atoms with E-state index in [9.17, 15) is 4.79 Å². The van der Waals surface area contributed by atoms with Gasteiger partial charge in [0.25, 0.3) is 5.91 Å². The molecule has 0 unspecified atom stereocenters. The lowest BCUT2D eigenvalue weighted by molar-refractivity contribution is -0.909. The number of ether oxygens (including phenoxy) is 3. The third-order valence-corrected chi connectivity index (χ3v) is 4.66. The molecule has 27 heavy (non-hydrogen) atoms. The molecule has 0 bridgehead atoms. The zero-order valence-electron chi connectivity index (χ0n) is 15.6. The number of methoxy groups -OCH3 is 1. The number of quaternary nitrogens is 1. The molecule has 0 aliphatic carbocycles. The molecule has 0 aromatic heterocycles. The molecular formula is C21H27N2O4+. The first-order valence-corrected chi connectivity index (χ1v) is 9.27. The predicted molar refractivity (Wildman–Crippen MR) is 102 cm³/mol. The van der Waals surface area contributed by atoms with Crippen molar-refractivity contribution in [1.29, 1.82) is 0 Å². The SMILES string of the molecule is COc1ccc(OCC(=O)N[C@@H](C[NH+]2CCOCC2)c2ccccc2)cc1. The van der Waals surface area contributed by atoms with E-state index in [1.165, 1.54) is 4.90 Å². The smallest absolute Gasteiger partial charge is 0.258 e. The average Bonchev–Trinajstić information content (AvgIpc) is 2.73. The first-order chi connectivity index (χ1) is 13.2. The maximum absolute atomic E-state index is 12.5. The van der Waals surface area contributed by atoms with Crippen molar-refractivity contribution in [3.63, 3.8) is 0 Å². The monoisotopic (exact) mass is 371 g/mol. The number of carbonyl (C=O) groups excluding carboxylic acids is 1. The van der Waals surface area contributed by atoms with Gasteiger partial charge in [-0.1, -0.05) is 30.3 Å². The van der Waals surface area contributed by atoms with Crippen molar-refractivity contribution < 1.29 is 23.9 Å². The quantitative estimate of drug-likeness (QED) is 0.722. The third-order valence-electron chi connectivity index (χ3n) is 4.66. The second-order valence-corrected chi connectivity index (χ2v) is 6.56. The summed E-state index contributed by atoms with van der Waals surface area (Å²) in [6.45, 7) is 4.27. The Morgan fingerprint density at radius 2 is 1.74 bits per heavy atom. The summed E-state index contributed by atoms with van der Waals surface area (Å²) in [7, 11) is 1.61. The van der Waals surface area contributed by atoms with Crippen molar-refractivity contribution >= 4 is 5.91 Å². The van der Waals surface area contributed by atoms with Gasteiger partial charge in [0.1, 0.15) is 37.2 Å². The van der Waals surface area contributed by atoms with Crippen LogP contribution >= 0.6 is 0 Å². The van der Waals surface area contributed by atoms with E-state index >= 15 is 0 Å². The van der Waals surface area contributed by atoms with Gasteiger partial charge in [0, 0.05) is 0 Å². The Morgan fingerprint density at radius 1 is 1.07 bits per heavy atom.